The summed E-state index contributed by atoms with van der Waals surface area (Å²) in [5.41, 5.74) is 0. The Balaban J connectivity index is 0.000000336. The van der Waals surface area contributed by atoms with Gasteiger partial charge in [0, 0.05) is 0 Å². The van der Waals surface area contributed by atoms with Gasteiger partial charge in [0.25, 0.3) is 0 Å². The fourth-order valence-electron chi connectivity index (χ4n) is 0.956. The maximum atomic E-state index is 12.8. The predicted molar refractivity (Wildman–Crippen MR) is 53.1 cm³/mol. The molecule has 2 rings (SSSR count). The van der Waals surface area contributed by atoms with Crippen LogP contribution >= 0.6 is 11.3 Å². The van der Waals surface area contributed by atoms with E-state index in [-0.39, 0.29) is 5.82 Å². The van der Waals surface area contributed by atoms with Crippen molar-refractivity contribution in [1.82, 2.24) is 0 Å². The molecule has 2 heteroatoms. The molecule has 0 bridgehead atoms. The third-order valence-corrected chi connectivity index (χ3v) is 2.37. The number of thiophene rings is 1. The second kappa shape index (κ2) is 4.21. The van der Waals surface area contributed by atoms with Crippen molar-refractivity contribution in [3.63, 3.8) is 0 Å². The Morgan fingerprint density at radius 3 is 2.58 bits per heavy atom. The lowest BCUT2D eigenvalue weighted by molar-refractivity contribution is 0.642. The van der Waals surface area contributed by atoms with Gasteiger partial charge in [-0.15, -0.1) is 11.3 Å². The molecular formula is C10H11FS. The Kier molecular flexibility index (Phi) is 3.23. The molecule has 0 nitrogen and oxygen atoms in total. The van der Waals surface area contributed by atoms with Crippen molar-refractivity contribution in [3.05, 3.63) is 35.5 Å². The molecule has 0 amide bonds. The standard InChI is InChI=1S/C8H5FS.C2H6/c9-7-3-1-2-6-4-5-10-8(6)7;1-2/h1-5H;1-2H3. The van der Waals surface area contributed by atoms with Gasteiger partial charge in [-0.2, -0.15) is 0 Å². The van der Waals surface area contributed by atoms with E-state index >= 15 is 0 Å². The molecule has 64 valence electrons. The lowest BCUT2D eigenvalue weighted by Gasteiger charge is -1.87. The maximum Gasteiger partial charge on any atom is 0.140 e. The van der Waals surface area contributed by atoms with E-state index in [1.807, 2.05) is 31.4 Å². The van der Waals surface area contributed by atoms with Gasteiger partial charge in [0.2, 0.25) is 0 Å². The fraction of sp³-hybridized carbons (Fsp3) is 0.200. The first kappa shape index (κ1) is 9.20. The van der Waals surface area contributed by atoms with E-state index in [0.29, 0.717) is 0 Å². The van der Waals surface area contributed by atoms with Gasteiger partial charge in [-0.1, -0.05) is 26.0 Å². The zero-order valence-electron chi connectivity index (χ0n) is 7.17. The molecule has 2 aromatic rings. The highest BCUT2D eigenvalue weighted by Gasteiger charge is 1.98. The van der Waals surface area contributed by atoms with E-state index in [9.17, 15) is 4.39 Å². The number of benzene rings is 1. The molecule has 0 N–H and O–H groups in total. The summed E-state index contributed by atoms with van der Waals surface area (Å²) in [6.45, 7) is 4.00. The molecule has 0 radical (unpaired) electrons. The first-order valence-electron chi connectivity index (χ1n) is 3.99. The minimum Gasteiger partial charge on any atom is -0.205 e. The Labute approximate surface area is 75.7 Å². The van der Waals surface area contributed by atoms with Gasteiger partial charge >= 0.3 is 0 Å². The quantitative estimate of drug-likeness (QED) is 0.576. The highest BCUT2D eigenvalue weighted by molar-refractivity contribution is 7.17. The Morgan fingerprint density at radius 1 is 1.17 bits per heavy atom. The Morgan fingerprint density at radius 2 is 1.92 bits per heavy atom. The van der Waals surface area contributed by atoms with E-state index in [1.54, 1.807) is 6.07 Å². The topological polar surface area (TPSA) is 0 Å². The van der Waals surface area contributed by atoms with E-state index in [1.165, 1.54) is 17.4 Å². The third-order valence-electron chi connectivity index (χ3n) is 1.43. The molecular weight excluding hydrogens is 171 g/mol. The van der Waals surface area contributed by atoms with Crippen molar-refractivity contribution in [3.8, 4) is 0 Å². The van der Waals surface area contributed by atoms with Gasteiger partial charge in [-0.25, -0.2) is 4.39 Å². The normalized spacial score (nSPS) is 9.25. The highest BCUT2D eigenvalue weighted by Crippen LogP contribution is 2.22. The second-order valence-corrected chi connectivity index (χ2v) is 2.99. The van der Waals surface area contributed by atoms with Crippen LogP contribution in [0.4, 0.5) is 4.39 Å². The number of fused-ring (bicyclic) bond motifs is 1. The van der Waals surface area contributed by atoms with Crippen molar-refractivity contribution in [2.75, 3.05) is 0 Å². The molecule has 12 heavy (non-hydrogen) atoms. The van der Waals surface area contributed by atoms with E-state index in [0.717, 1.165) is 10.1 Å². The van der Waals surface area contributed by atoms with Crippen LogP contribution in [0.2, 0.25) is 0 Å². The molecule has 1 aromatic heterocycles. The predicted octanol–water partition coefficient (Wildman–Crippen LogP) is 4.07. The van der Waals surface area contributed by atoms with Gasteiger partial charge in [0.05, 0.1) is 4.70 Å². The van der Waals surface area contributed by atoms with Gasteiger partial charge in [0.15, 0.2) is 0 Å². The second-order valence-electron chi connectivity index (χ2n) is 2.08. The minimum absolute atomic E-state index is 0.118. The Hall–Kier alpha value is -0.890. The third kappa shape index (κ3) is 1.64. The van der Waals surface area contributed by atoms with E-state index in [2.05, 4.69) is 0 Å². The van der Waals surface area contributed by atoms with Crippen LogP contribution in [0, 0.1) is 5.82 Å². The van der Waals surface area contributed by atoms with Crippen molar-refractivity contribution in [1.29, 1.82) is 0 Å². The molecule has 0 unspecified atom stereocenters. The van der Waals surface area contributed by atoms with E-state index in [4.69, 9.17) is 0 Å². The largest absolute Gasteiger partial charge is 0.205 e. The molecule has 0 aliphatic rings. The van der Waals surface area contributed by atoms with Gasteiger partial charge in [0.1, 0.15) is 5.82 Å². The summed E-state index contributed by atoms with van der Waals surface area (Å²) in [7, 11) is 0. The summed E-state index contributed by atoms with van der Waals surface area (Å²) in [4.78, 5) is 0. The summed E-state index contributed by atoms with van der Waals surface area (Å²) >= 11 is 1.44. The average molecular weight is 182 g/mol. The molecule has 0 saturated heterocycles. The van der Waals surface area contributed by atoms with Gasteiger partial charge < -0.3 is 0 Å². The number of rotatable bonds is 0. The molecule has 0 aliphatic carbocycles. The summed E-state index contributed by atoms with van der Waals surface area (Å²) < 4.78 is 13.6. The van der Waals surface area contributed by atoms with Crippen LogP contribution in [-0.4, -0.2) is 0 Å². The van der Waals surface area contributed by atoms with Crippen LogP contribution in [0.15, 0.2) is 29.6 Å². The van der Waals surface area contributed by atoms with Gasteiger partial charge in [-0.05, 0) is 22.9 Å². The SMILES string of the molecule is CC.Fc1cccc2ccsc12. The molecule has 0 atom stereocenters. The van der Waals surface area contributed by atoms with Crippen LogP contribution in [-0.2, 0) is 0 Å². The lowest BCUT2D eigenvalue weighted by atomic mass is 10.3. The number of hydrogen-bond acceptors (Lipinski definition) is 1. The molecule has 1 aromatic carbocycles. The van der Waals surface area contributed by atoms with Gasteiger partial charge in [-0.3, -0.25) is 0 Å². The summed E-state index contributed by atoms with van der Waals surface area (Å²) in [6.07, 6.45) is 0. The van der Waals surface area contributed by atoms with Crippen LogP contribution in [0.3, 0.4) is 0 Å². The average Bonchev–Trinajstić information content (AvgIpc) is 2.57. The maximum absolute atomic E-state index is 12.8. The molecule has 0 saturated carbocycles. The monoisotopic (exact) mass is 182 g/mol. The molecule has 0 spiro atoms. The summed E-state index contributed by atoms with van der Waals surface area (Å²) in [6, 6.07) is 7.04. The lowest BCUT2D eigenvalue weighted by Crippen LogP contribution is -1.69. The zero-order chi connectivity index (χ0) is 8.97. The van der Waals surface area contributed by atoms with Crippen molar-refractivity contribution >= 4 is 21.4 Å². The summed E-state index contributed by atoms with van der Waals surface area (Å²) in [5.74, 6) is -0.118. The number of halogens is 1. The zero-order valence-corrected chi connectivity index (χ0v) is 7.99. The number of hydrogen-bond donors (Lipinski definition) is 0. The van der Waals surface area contributed by atoms with Crippen LogP contribution in [0.5, 0.6) is 0 Å². The molecule has 1 heterocycles. The van der Waals surface area contributed by atoms with E-state index < -0.39 is 0 Å². The minimum atomic E-state index is -0.118. The van der Waals surface area contributed by atoms with Crippen molar-refractivity contribution in [2.45, 2.75) is 13.8 Å². The Bertz CT molecular complexity index is 351. The molecule has 0 fully saturated rings. The van der Waals surface area contributed by atoms with Crippen LogP contribution in [0.25, 0.3) is 10.1 Å². The smallest absolute Gasteiger partial charge is 0.140 e. The molecule has 0 aliphatic heterocycles. The summed E-state index contributed by atoms with van der Waals surface area (Å²) in [5, 5.41) is 2.89. The van der Waals surface area contributed by atoms with Crippen LogP contribution in [0.1, 0.15) is 13.8 Å². The highest BCUT2D eigenvalue weighted by atomic mass is 32.1. The fourth-order valence-corrected chi connectivity index (χ4v) is 1.76. The first-order valence-corrected chi connectivity index (χ1v) is 4.87. The van der Waals surface area contributed by atoms with Crippen molar-refractivity contribution in [2.24, 2.45) is 0 Å². The van der Waals surface area contributed by atoms with Crippen LogP contribution < -0.4 is 0 Å². The van der Waals surface area contributed by atoms with Crippen molar-refractivity contribution < 1.29 is 4.39 Å². The first-order chi connectivity index (χ1) is 5.88.